The Kier molecular flexibility index (Phi) is 7.68. The molecule has 9 nitrogen and oxygen atoms in total. The van der Waals surface area contributed by atoms with Gasteiger partial charge in [0.15, 0.2) is 0 Å². The standard InChI is InChI=1S/C19H24N4O5S/c1-3-14(2)22-29(27,28)18-10-4-15(5-11-18)19(24)21-13-12-20-16-6-8-17(9-7-16)23(25)26/h4-11,14,20,22H,3,12-13H2,1-2H3,(H,21,24). The lowest BCUT2D eigenvalue weighted by molar-refractivity contribution is -0.384. The van der Waals surface area contributed by atoms with Gasteiger partial charge in [0, 0.05) is 42.5 Å². The van der Waals surface area contributed by atoms with E-state index >= 15 is 0 Å². The lowest BCUT2D eigenvalue weighted by Gasteiger charge is -2.12. The molecule has 0 spiro atoms. The van der Waals surface area contributed by atoms with E-state index in [2.05, 4.69) is 15.4 Å². The van der Waals surface area contributed by atoms with Crippen LogP contribution in [0.4, 0.5) is 11.4 Å². The van der Waals surface area contributed by atoms with Crippen LogP contribution in [0.25, 0.3) is 0 Å². The van der Waals surface area contributed by atoms with Gasteiger partial charge in [-0.3, -0.25) is 14.9 Å². The minimum atomic E-state index is -3.61. The van der Waals surface area contributed by atoms with Gasteiger partial charge in [-0.15, -0.1) is 0 Å². The van der Waals surface area contributed by atoms with E-state index in [9.17, 15) is 23.3 Å². The summed E-state index contributed by atoms with van der Waals surface area (Å²) in [5.41, 5.74) is 1.06. The summed E-state index contributed by atoms with van der Waals surface area (Å²) >= 11 is 0. The molecule has 10 heteroatoms. The van der Waals surface area contributed by atoms with Crippen LogP contribution in [0, 0.1) is 10.1 Å². The van der Waals surface area contributed by atoms with Gasteiger partial charge < -0.3 is 10.6 Å². The van der Waals surface area contributed by atoms with Gasteiger partial charge in [0.1, 0.15) is 0 Å². The zero-order chi connectivity index (χ0) is 21.4. The monoisotopic (exact) mass is 420 g/mol. The summed E-state index contributed by atoms with van der Waals surface area (Å²) in [6.45, 7) is 4.42. The van der Waals surface area contributed by atoms with E-state index in [-0.39, 0.29) is 22.5 Å². The fraction of sp³-hybridized carbons (Fsp3) is 0.316. The molecule has 0 fully saturated rings. The van der Waals surface area contributed by atoms with Crippen LogP contribution in [0.2, 0.25) is 0 Å². The molecule has 0 saturated carbocycles. The molecule has 1 amide bonds. The molecule has 0 aromatic heterocycles. The van der Waals surface area contributed by atoms with Crippen molar-refractivity contribution >= 4 is 27.3 Å². The van der Waals surface area contributed by atoms with Gasteiger partial charge in [-0.05, 0) is 49.7 Å². The molecular weight excluding hydrogens is 396 g/mol. The Morgan fingerprint density at radius 2 is 1.69 bits per heavy atom. The second-order valence-corrected chi connectivity index (χ2v) is 8.16. The van der Waals surface area contributed by atoms with Crippen molar-refractivity contribution in [1.82, 2.24) is 10.0 Å². The molecule has 0 aliphatic carbocycles. The van der Waals surface area contributed by atoms with E-state index < -0.39 is 14.9 Å². The number of amides is 1. The number of nitrogens with one attached hydrogen (secondary N) is 3. The molecule has 2 aromatic rings. The number of benzene rings is 2. The third-order valence-corrected chi connectivity index (χ3v) is 5.82. The zero-order valence-corrected chi connectivity index (χ0v) is 17.0. The first-order chi connectivity index (χ1) is 13.7. The molecule has 0 radical (unpaired) electrons. The fourth-order valence-electron chi connectivity index (χ4n) is 2.39. The Morgan fingerprint density at radius 3 is 2.24 bits per heavy atom. The number of nitro groups is 1. The average molecular weight is 420 g/mol. The van der Waals surface area contributed by atoms with E-state index in [1.807, 2.05) is 6.92 Å². The van der Waals surface area contributed by atoms with Crippen LogP contribution in [0.3, 0.4) is 0 Å². The second kappa shape index (κ2) is 9.99. The number of hydrogen-bond donors (Lipinski definition) is 3. The Labute approximate surface area is 169 Å². The molecule has 2 rings (SSSR count). The molecule has 156 valence electrons. The molecule has 0 bridgehead atoms. The molecule has 0 aliphatic heterocycles. The van der Waals surface area contributed by atoms with Crippen LogP contribution in [0.1, 0.15) is 30.6 Å². The van der Waals surface area contributed by atoms with Crippen molar-refractivity contribution in [2.24, 2.45) is 0 Å². The van der Waals surface area contributed by atoms with Crippen LogP contribution >= 0.6 is 0 Å². The topological polar surface area (TPSA) is 130 Å². The average Bonchev–Trinajstić information content (AvgIpc) is 2.71. The highest BCUT2D eigenvalue weighted by Crippen LogP contribution is 2.15. The number of rotatable bonds is 10. The van der Waals surface area contributed by atoms with Gasteiger partial charge in [0.05, 0.1) is 9.82 Å². The first-order valence-corrected chi connectivity index (χ1v) is 10.6. The maximum absolute atomic E-state index is 12.2. The third kappa shape index (κ3) is 6.54. The summed E-state index contributed by atoms with van der Waals surface area (Å²) in [5, 5.41) is 16.4. The van der Waals surface area contributed by atoms with Crippen LogP contribution in [-0.2, 0) is 10.0 Å². The third-order valence-electron chi connectivity index (χ3n) is 4.21. The summed E-state index contributed by atoms with van der Waals surface area (Å²) in [4.78, 5) is 22.4. The van der Waals surface area contributed by atoms with Gasteiger partial charge >= 0.3 is 0 Å². The number of non-ortho nitro benzene ring substituents is 1. The minimum absolute atomic E-state index is 0.00802. The molecule has 29 heavy (non-hydrogen) atoms. The Balaban J connectivity index is 1.84. The number of carbonyl (C=O) groups excluding carboxylic acids is 1. The fourth-order valence-corrected chi connectivity index (χ4v) is 3.71. The summed E-state index contributed by atoms with van der Waals surface area (Å²) in [6.07, 6.45) is 0.674. The molecule has 3 N–H and O–H groups in total. The number of nitrogens with zero attached hydrogens (tertiary/aromatic N) is 1. The smallest absolute Gasteiger partial charge is 0.269 e. The predicted octanol–water partition coefficient (Wildman–Crippen LogP) is 2.51. The van der Waals surface area contributed by atoms with Crippen LogP contribution in [-0.4, -0.2) is 38.4 Å². The number of carbonyl (C=O) groups is 1. The predicted molar refractivity (Wildman–Crippen MR) is 110 cm³/mol. The Bertz CT molecular complexity index is 944. The largest absolute Gasteiger partial charge is 0.383 e. The summed E-state index contributed by atoms with van der Waals surface area (Å²) in [5.74, 6) is -0.325. The van der Waals surface area contributed by atoms with Crippen molar-refractivity contribution in [1.29, 1.82) is 0 Å². The molecule has 2 aromatic carbocycles. The Morgan fingerprint density at radius 1 is 1.07 bits per heavy atom. The van der Waals surface area contributed by atoms with Crippen LogP contribution in [0.15, 0.2) is 53.4 Å². The van der Waals surface area contributed by atoms with Crippen molar-refractivity contribution < 1.29 is 18.1 Å². The summed E-state index contributed by atoms with van der Waals surface area (Å²) < 4.78 is 27.0. The molecule has 0 saturated heterocycles. The van der Waals surface area contributed by atoms with E-state index in [4.69, 9.17) is 0 Å². The van der Waals surface area contributed by atoms with Crippen molar-refractivity contribution in [3.63, 3.8) is 0 Å². The first-order valence-electron chi connectivity index (χ1n) is 9.12. The number of sulfonamides is 1. The van der Waals surface area contributed by atoms with E-state index in [0.29, 0.717) is 30.8 Å². The van der Waals surface area contributed by atoms with Gasteiger partial charge in [-0.2, -0.15) is 0 Å². The minimum Gasteiger partial charge on any atom is -0.383 e. The second-order valence-electron chi connectivity index (χ2n) is 6.44. The molecular formula is C19H24N4O5S. The summed E-state index contributed by atoms with van der Waals surface area (Å²) in [7, 11) is -3.61. The van der Waals surface area contributed by atoms with E-state index in [1.165, 1.54) is 36.4 Å². The number of anilines is 1. The van der Waals surface area contributed by atoms with Crippen LogP contribution < -0.4 is 15.4 Å². The molecule has 0 aliphatic rings. The molecule has 1 atom stereocenters. The lowest BCUT2D eigenvalue weighted by atomic mass is 10.2. The SMILES string of the molecule is CCC(C)NS(=O)(=O)c1ccc(C(=O)NCCNc2ccc([N+](=O)[O-])cc2)cc1. The van der Waals surface area contributed by atoms with Crippen molar-refractivity contribution in [2.45, 2.75) is 31.2 Å². The molecule has 0 heterocycles. The lowest BCUT2D eigenvalue weighted by Crippen LogP contribution is -2.32. The maximum atomic E-state index is 12.2. The van der Waals surface area contributed by atoms with E-state index in [1.54, 1.807) is 19.1 Å². The van der Waals surface area contributed by atoms with Gasteiger partial charge in [0.2, 0.25) is 10.0 Å². The highest BCUT2D eigenvalue weighted by atomic mass is 32.2. The Hall–Kier alpha value is -2.98. The van der Waals surface area contributed by atoms with Gasteiger partial charge in [-0.1, -0.05) is 6.92 Å². The first kappa shape index (κ1) is 22.3. The van der Waals surface area contributed by atoms with Crippen molar-refractivity contribution in [3.8, 4) is 0 Å². The normalized spacial score (nSPS) is 12.2. The van der Waals surface area contributed by atoms with Crippen LogP contribution in [0.5, 0.6) is 0 Å². The number of nitro benzene ring substituents is 1. The quantitative estimate of drug-likeness (QED) is 0.308. The van der Waals surface area contributed by atoms with Gasteiger partial charge in [0.25, 0.3) is 11.6 Å². The highest BCUT2D eigenvalue weighted by molar-refractivity contribution is 7.89. The van der Waals surface area contributed by atoms with E-state index in [0.717, 1.165) is 0 Å². The summed E-state index contributed by atoms with van der Waals surface area (Å²) in [6, 6.07) is 11.5. The zero-order valence-electron chi connectivity index (χ0n) is 16.2. The van der Waals surface area contributed by atoms with Crippen molar-refractivity contribution in [3.05, 3.63) is 64.2 Å². The molecule has 1 unspecified atom stereocenters. The highest BCUT2D eigenvalue weighted by Gasteiger charge is 2.17. The van der Waals surface area contributed by atoms with Crippen molar-refractivity contribution in [2.75, 3.05) is 18.4 Å². The number of hydrogen-bond acceptors (Lipinski definition) is 6. The van der Waals surface area contributed by atoms with Gasteiger partial charge in [-0.25, -0.2) is 13.1 Å². The maximum Gasteiger partial charge on any atom is 0.269 e.